The summed E-state index contributed by atoms with van der Waals surface area (Å²) in [7, 11) is 3.36. The van der Waals surface area contributed by atoms with Crippen LogP contribution >= 0.6 is 11.3 Å². The summed E-state index contributed by atoms with van der Waals surface area (Å²) in [5.74, 6) is -0.159. The lowest BCUT2D eigenvalue weighted by atomic mass is 10.1. The van der Waals surface area contributed by atoms with Gasteiger partial charge in [0.2, 0.25) is 0 Å². The summed E-state index contributed by atoms with van der Waals surface area (Å²) in [6, 6.07) is 8.09. The Bertz CT molecular complexity index is 598. The molecule has 0 atom stereocenters. The number of Topliss-reactive ketones (excluding diaryl/α,β-unsaturated/α-hetero) is 1. The van der Waals surface area contributed by atoms with Gasteiger partial charge < -0.3 is 4.74 Å². The summed E-state index contributed by atoms with van der Waals surface area (Å²) in [4.78, 5) is 15.5. The molecule has 0 radical (unpaired) electrons. The van der Waals surface area contributed by atoms with Crippen LogP contribution < -0.4 is 4.74 Å². The van der Waals surface area contributed by atoms with Crippen LogP contribution in [0.2, 0.25) is 0 Å². The molecule has 21 heavy (non-hydrogen) atoms. The zero-order valence-electron chi connectivity index (χ0n) is 12.1. The van der Waals surface area contributed by atoms with Crippen LogP contribution in [-0.2, 0) is 6.42 Å². The highest BCUT2D eigenvalue weighted by Crippen LogP contribution is 2.20. The summed E-state index contributed by atoms with van der Waals surface area (Å²) in [5.41, 5.74) is 0.292. The van der Waals surface area contributed by atoms with Crippen molar-refractivity contribution in [2.75, 3.05) is 27.2 Å². The Kier molecular flexibility index (Phi) is 5.47. The second kappa shape index (κ2) is 7.33. The van der Waals surface area contributed by atoms with Crippen molar-refractivity contribution < 1.29 is 13.9 Å². The van der Waals surface area contributed by atoms with Crippen LogP contribution in [-0.4, -0.2) is 37.9 Å². The molecule has 0 aliphatic heterocycles. The van der Waals surface area contributed by atoms with E-state index in [0.29, 0.717) is 11.3 Å². The van der Waals surface area contributed by atoms with E-state index in [1.807, 2.05) is 23.4 Å². The maximum Gasteiger partial charge on any atom is 0.180 e. The Hall–Kier alpha value is -1.72. The van der Waals surface area contributed by atoms with Crippen molar-refractivity contribution in [1.82, 2.24) is 4.90 Å². The van der Waals surface area contributed by atoms with E-state index in [2.05, 4.69) is 6.07 Å². The number of hydrogen-bond acceptors (Lipinski definition) is 4. The van der Waals surface area contributed by atoms with Crippen molar-refractivity contribution in [1.29, 1.82) is 0 Å². The number of methoxy groups -OCH3 is 1. The zero-order valence-corrected chi connectivity index (χ0v) is 13.0. The number of thiophene rings is 1. The van der Waals surface area contributed by atoms with Crippen molar-refractivity contribution in [3.05, 3.63) is 52.0 Å². The molecule has 0 aliphatic carbocycles. The van der Waals surface area contributed by atoms with Gasteiger partial charge >= 0.3 is 0 Å². The first-order valence-electron chi connectivity index (χ1n) is 6.68. The quantitative estimate of drug-likeness (QED) is 0.735. The maximum atomic E-state index is 13.3. The average molecular weight is 307 g/mol. The van der Waals surface area contributed by atoms with E-state index in [-0.39, 0.29) is 12.3 Å². The highest BCUT2D eigenvalue weighted by atomic mass is 32.1. The Morgan fingerprint density at radius 2 is 2.19 bits per heavy atom. The van der Waals surface area contributed by atoms with E-state index in [0.717, 1.165) is 13.0 Å². The number of ketones is 1. The minimum Gasteiger partial charge on any atom is -0.496 e. The topological polar surface area (TPSA) is 29.5 Å². The summed E-state index contributed by atoms with van der Waals surface area (Å²) < 4.78 is 18.4. The van der Waals surface area contributed by atoms with Crippen molar-refractivity contribution >= 4 is 17.1 Å². The van der Waals surface area contributed by atoms with Gasteiger partial charge in [-0.15, -0.1) is 11.3 Å². The number of ether oxygens (including phenoxy) is 1. The van der Waals surface area contributed by atoms with Crippen LogP contribution in [0.4, 0.5) is 4.39 Å². The Balaban J connectivity index is 1.95. The van der Waals surface area contributed by atoms with Crippen LogP contribution in [0, 0.1) is 5.82 Å². The highest BCUT2D eigenvalue weighted by molar-refractivity contribution is 7.09. The molecule has 0 saturated carbocycles. The van der Waals surface area contributed by atoms with Gasteiger partial charge in [0.1, 0.15) is 11.6 Å². The molecule has 1 heterocycles. The molecule has 112 valence electrons. The minimum atomic E-state index is -0.430. The van der Waals surface area contributed by atoms with Crippen molar-refractivity contribution in [2.24, 2.45) is 0 Å². The lowest BCUT2D eigenvalue weighted by molar-refractivity contribution is 0.0943. The summed E-state index contributed by atoms with van der Waals surface area (Å²) >= 11 is 1.71. The zero-order chi connectivity index (χ0) is 15.2. The van der Waals surface area contributed by atoms with Gasteiger partial charge in [0.05, 0.1) is 19.2 Å². The fraction of sp³-hybridized carbons (Fsp3) is 0.312. The van der Waals surface area contributed by atoms with E-state index in [1.165, 1.54) is 30.2 Å². The first kappa shape index (κ1) is 15.7. The van der Waals surface area contributed by atoms with Gasteiger partial charge in [-0.3, -0.25) is 9.69 Å². The number of carbonyl (C=O) groups is 1. The minimum absolute atomic E-state index is 0.139. The van der Waals surface area contributed by atoms with E-state index >= 15 is 0 Å². The number of nitrogens with zero attached hydrogens (tertiary/aromatic N) is 1. The molecule has 0 fully saturated rings. The van der Waals surface area contributed by atoms with Crippen LogP contribution in [0.15, 0.2) is 35.7 Å². The maximum absolute atomic E-state index is 13.3. The normalized spacial score (nSPS) is 10.9. The number of likely N-dealkylation sites (N-methyl/N-ethyl adjacent to an activating group) is 1. The predicted octanol–water partition coefficient (Wildman–Crippen LogP) is 3.25. The molecule has 5 heteroatoms. The molecule has 1 aromatic heterocycles. The molecule has 0 bridgehead atoms. The molecule has 2 rings (SSSR count). The Morgan fingerprint density at radius 3 is 2.86 bits per heavy atom. The Labute approximate surface area is 128 Å². The summed E-state index contributed by atoms with van der Waals surface area (Å²) in [5, 5.41) is 2.04. The molecule has 0 saturated heterocycles. The number of benzene rings is 1. The van der Waals surface area contributed by atoms with E-state index in [1.54, 1.807) is 11.3 Å². The second-order valence-corrected chi connectivity index (χ2v) is 5.87. The third-order valence-corrected chi connectivity index (χ3v) is 4.13. The SMILES string of the molecule is COc1ccc(F)cc1C(=O)CN(C)CCc1cccs1. The van der Waals surface area contributed by atoms with Crippen LogP contribution in [0.25, 0.3) is 0 Å². The molecular weight excluding hydrogens is 289 g/mol. The molecule has 3 nitrogen and oxygen atoms in total. The summed E-state index contributed by atoms with van der Waals surface area (Å²) in [6.07, 6.45) is 0.904. The Morgan fingerprint density at radius 1 is 1.38 bits per heavy atom. The fourth-order valence-electron chi connectivity index (χ4n) is 2.06. The van der Waals surface area contributed by atoms with E-state index in [4.69, 9.17) is 4.74 Å². The number of hydrogen-bond donors (Lipinski definition) is 0. The van der Waals surface area contributed by atoms with Gasteiger partial charge in [-0.25, -0.2) is 4.39 Å². The fourth-order valence-corrected chi connectivity index (χ4v) is 2.76. The van der Waals surface area contributed by atoms with Crippen molar-refractivity contribution in [3.8, 4) is 5.75 Å². The average Bonchev–Trinajstić information content (AvgIpc) is 2.98. The van der Waals surface area contributed by atoms with E-state index < -0.39 is 5.82 Å². The number of halogens is 1. The van der Waals surface area contributed by atoms with Gasteiger partial charge in [-0.1, -0.05) is 6.07 Å². The monoisotopic (exact) mass is 307 g/mol. The van der Waals surface area contributed by atoms with Gasteiger partial charge in [0.15, 0.2) is 5.78 Å². The van der Waals surface area contributed by atoms with Gasteiger partial charge in [0.25, 0.3) is 0 Å². The van der Waals surface area contributed by atoms with Crippen LogP contribution in [0.5, 0.6) is 5.75 Å². The molecule has 0 N–H and O–H groups in total. The molecule has 0 unspecified atom stereocenters. The molecular formula is C16H18FNO2S. The third-order valence-electron chi connectivity index (χ3n) is 3.20. The first-order valence-corrected chi connectivity index (χ1v) is 7.56. The first-order chi connectivity index (χ1) is 10.1. The molecule has 0 aliphatic rings. The smallest absolute Gasteiger partial charge is 0.180 e. The lowest BCUT2D eigenvalue weighted by Crippen LogP contribution is -2.28. The van der Waals surface area contributed by atoms with Crippen LogP contribution in [0.1, 0.15) is 15.2 Å². The van der Waals surface area contributed by atoms with E-state index in [9.17, 15) is 9.18 Å². The molecule has 0 amide bonds. The third kappa shape index (κ3) is 4.37. The summed E-state index contributed by atoms with van der Waals surface area (Å²) in [6.45, 7) is 1.02. The van der Waals surface area contributed by atoms with Gasteiger partial charge in [-0.05, 0) is 43.1 Å². The highest BCUT2D eigenvalue weighted by Gasteiger charge is 2.15. The number of rotatable bonds is 7. The van der Waals surface area contributed by atoms with Gasteiger partial charge in [-0.2, -0.15) is 0 Å². The standard InChI is InChI=1S/C16H18FNO2S/c1-18(8-7-13-4-3-9-21-13)11-15(19)14-10-12(17)5-6-16(14)20-2/h3-6,9-10H,7-8,11H2,1-2H3. The van der Waals surface area contributed by atoms with Crippen molar-refractivity contribution in [3.63, 3.8) is 0 Å². The largest absolute Gasteiger partial charge is 0.496 e. The predicted molar refractivity (Wildman–Crippen MR) is 82.8 cm³/mol. The number of carbonyl (C=O) groups excluding carboxylic acids is 1. The molecule has 1 aromatic carbocycles. The van der Waals surface area contributed by atoms with Crippen molar-refractivity contribution in [2.45, 2.75) is 6.42 Å². The molecule has 2 aromatic rings. The molecule has 0 spiro atoms. The van der Waals surface area contributed by atoms with Gasteiger partial charge in [0, 0.05) is 11.4 Å². The van der Waals surface area contributed by atoms with Crippen LogP contribution in [0.3, 0.4) is 0 Å². The second-order valence-electron chi connectivity index (χ2n) is 4.83. The lowest BCUT2D eigenvalue weighted by Gasteiger charge is -2.16.